The van der Waals surface area contributed by atoms with Gasteiger partial charge in [-0.25, -0.2) is 0 Å². The zero-order chi connectivity index (χ0) is 9.35. The van der Waals surface area contributed by atoms with Crippen LogP contribution in [0.3, 0.4) is 0 Å². The minimum Gasteiger partial charge on any atom is -0.400 e. The van der Waals surface area contributed by atoms with Crippen molar-refractivity contribution in [3.05, 3.63) is 11.5 Å². The van der Waals surface area contributed by atoms with Crippen molar-refractivity contribution in [3.63, 3.8) is 0 Å². The van der Waals surface area contributed by atoms with Gasteiger partial charge in [-0.3, -0.25) is 0 Å². The molecule has 70 valence electrons. The van der Waals surface area contributed by atoms with E-state index in [0.29, 0.717) is 6.42 Å². The Labute approximate surface area is 70.2 Å². The predicted octanol–water partition coefficient (Wildman–Crippen LogP) is 2.86. The molecule has 0 aromatic heterocycles. The number of ether oxygens (including phenoxy) is 2. The standard InChI is InChI=1S/C8H12F2O2/c1-4-6-7(5(2)3)12-8(9,10)11-6/h5H,4H2,1-3H3. The maximum atomic E-state index is 12.5. The van der Waals surface area contributed by atoms with Gasteiger partial charge in [-0.1, -0.05) is 20.8 Å². The van der Waals surface area contributed by atoms with Gasteiger partial charge >= 0.3 is 6.29 Å². The van der Waals surface area contributed by atoms with Crippen LogP contribution in [0.1, 0.15) is 27.2 Å². The molecule has 0 aromatic rings. The maximum absolute atomic E-state index is 12.5. The third kappa shape index (κ3) is 1.68. The Morgan fingerprint density at radius 2 is 1.92 bits per heavy atom. The van der Waals surface area contributed by atoms with Crippen LogP contribution in [0.15, 0.2) is 11.5 Å². The number of alkyl halides is 2. The number of hydrogen-bond donors (Lipinski definition) is 0. The molecule has 0 saturated carbocycles. The normalized spacial score (nSPS) is 21.2. The molecule has 1 heterocycles. The second-order valence-corrected chi connectivity index (χ2v) is 2.96. The lowest BCUT2D eigenvalue weighted by Gasteiger charge is -2.09. The molecule has 1 aliphatic rings. The van der Waals surface area contributed by atoms with Crippen LogP contribution in [0, 0.1) is 5.92 Å². The third-order valence-corrected chi connectivity index (χ3v) is 1.59. The first-order valence-electron chi connectivity index (χ1n) is 3.95. The monoisotopic (exact) mass is 178 g/mol. The van der Waals surface area contributed by atoms with Crippen molar-refractivity contribution in [3.8, 4) is 0 Å². The molecule has 1 rings (SSSR count). The van der Waals surface area contributed by atoms with Crippen molar-refractivity contribution in [1.82, 2.24) is 0 Å². The van der Waals surface area contributed by atoms with Crippen LogP contribution in [0.2, 0.25) is 0 Å². The van der Waals surface area contributed by atoms with Crippen LogP contribution in [0.4, 0.5) is 8.78 Å². The van der Waals surface area contributed by atoms with Gasteiger partial charge in [0, 0.05) is 12.3 Å². The average molecular weight is 178 g/mol. The molecule has 4 heteroatoms. The molecule has 0 bridgehead atoms. The van der Waals surface area contributed by atoms with Crippen LogP contribution in [-0.4, -0.2) is 6.29 Å². The first-order valence-corrected chi connectivity index (χ1v) is 3.95. The Hall–Kier alpha value is -0.800. The lowest BCUT2D eigenvalue weighted by atomic mass is 10.1. The van der Waals surface area contributed by atoms with Crippen molar-refractivity contribution in [2.24, 2.45) is 5.92 Å². The zero-order valence-corrected chi connectivity index (χ0v) is 7.36. The van der Waals surface area contributed by atoms with E-state index in [0.717, 1.165) is 0 Å². The number of allylic oxidation sites excluding steroid dienone is 2. The summed E-state index contributed by atoms with van der Waals surface area (Å²) in [6.45, 7) is 5.33. The lowest BCUT2D eigenvalue weighted by molar-refractivity contribution is -0.339. The van der Waals surface area contributed by atoms with Crippen molar-refractivity contribution >= 4 is 0 Å². The molecule has 0 fully saturated rings. The smallest absolute Gasteiger partial charge is 0.400 e. The maximum Gasteiger partial charge on any atom is 0.585 e. The first kappa shape index (κ1) is 9.29. The summed E-state index contributed by atoms with van der Waals surface area (Å²) in [7, 11) is 0. The molecule has 0 N–H and O–H groups in total. The molecular formula is C8H12F2O2. The Balaban J connectivity index is 2.80. The summed E-state index contributed by atoms with van der Waals surface area (Å²) in [5.74, 6) is 0.464. The molecule has 0 atom stereocenters. The zero-order valence-electron chi connectivity index (χ0n) is 7.36. The highest BCUT2D eigenvalue weighted by molar-refractivity contribution is 5.07. The van der Waals surface area contributed by atoms with E-state index in [1.54, 1.807) is 20.8 Å². The molecule has 0 aromatic carbocycles. The fourth-order valence-electron chi connectivity index (χ4n) is 1.09. The summed E-state index contributed by atoms with van der Waals surface area (Å²) in [6, 6.07) is 0. The third-order valence-electron chi connectivity index (χ3n) is 1.59. The van der Waals surface area contributed by atoms with Crippen LogP contribution >= 0.6 is 0 Å². The van der Waals surface area contributed by atoms with Gasteiger partial charge in [-0.2, -0.15) is 0 Å². The summed E-state index contributed by atoms with van der Waals surface area (Å²) in [5.41, 5.74) is 0. The predicted molar refractivity (Wildman–Crippen MR) is 39.3 cm³/mol. The number of halogens is 2. The van der Waals surface area contributed by atoms with Gasteiger partial charge in [0.15, 0.2) is 0 Å². The van der Waals surface area contributed by atoms with E-state index < -0.39 is 6.29 Å². The molecule has 0 unspecified atom stereocenters. The molecule has 2 nitrogen and oxygen atoms in total. The van der Waals surface area contributed by atoms with Gasteiger partial charge in [0.05, 0.1) is 0 Å². The molecule has 1 aliphatic heterocycles. The van der Waals surface area contributed by atoms with E-state index in [2.05, 4.69) is 9.47 Å². The van der Waals surface area contributed by atoms with Gasteiger partial charge in [0.2, 0.25) is 0 Å². The van der Waals surface area contributed by atoms with Crippen LogP contribution in [0.5, 0.6) is 0 Å². The molecule has 0 spiro atoms. The van der Waals surface area contributed by atoms with E-state index in [1.165, 1.54) is 0 Å². The highest BCUT2D eigenvalue weighted by Crippen LogP contribution is 2.37. The van der Waals surface area contributed by atoms with Gasteiger partial charge < -0.3 is 9.47 Å². The number of rotatable bonds is 2. The molecule has 0 aliphatic carbocycles. The van der Waals surface area contributed by atoms with Gasteiger partial charge in [-0.05, 0) is 0 Å². The topological polar surface area (TPSA) is 18.5 Å². The molecule has 12 heavy (non-hydrogen) atoms. The second-order valence-electron chi connectivity index (χ2n) is 2.96. The largest absolute Gasteiger partial charge is 0.585 e. The first-order chi connectivity index (χ1) is 5.46. The summed E-state index contributed by atoms with van der Waals surface area (Å²) < 4.78 is 33.6. The summed E-state index contributed by atoms with van der Waals surface area (Å²) in [6.07, 6.45) is -3.02. The van der Waals surface area contributed by atoms with E-state index in [4.69, 9.17) is 0 Å². The van der Waals surface area contributed by atoms with Crippen molar-refractivity contribution in [2.75, 3.05) is 0 Å². The quantitative estimate of drug-likeness (QED) is 0.647. The fourth-order valence-corrected chi connectivity index (χ4v) is 1.09. The van der Waals surface area contributed by atoms with Crippen LogP contribution in [-0.2, 0) is 9.47 Å². The van der Waals surface area contributed by atoms with Crippen molar-refractivity contribution in [2.45, 2.75) is 33.5 Å². The summed E-state index contributed by atoms with van der Waals surface area (Å²) in [4.78, 5) is 0. The van der Waals surface area contributed by atoms with E-state index in [9.17, 15) is 8.78 Å². The van der Waals surface area contributed by atoms with Crippen molar-refractivity contribution < 1.29 is 18.3 Å². The summed E-state index contributed by atoms with van der Waals surface area (Å²) >= 11 is 0. The molecule has 0 amide bonds. The minimum absolute atomic E-state index is 0.0617. The number of hydrogen-bond acceptors (Lipinski definition) is 2. The summed E-state index contributed by atoms with van der Waals surface area (Å²) in [5, 5.41) is 0. The van der Waals surface area contributed by atoms with Crippen LogP contribution in [0.25, 0.3) is 0 Å². The van der Waals surface area contributed by atoms with Crippen LogP contribution < -0.4 is 0 Å². The fraction of sp³-hybridized carbons (Fsp3) is 0.750. The van der Waals surface area contributed by atoms with E-state index in [-0.39, 0.29) is 17.4 Å². The Morgan fingerprint density at radius 3 is 2.25 bits per heavy atom. The highest BCUT2D eigenvalue weighted by Gasteiger charge is 2.44. The lowest BCUT2D eigenvalue weighted by Crippen LogP contribution is -2.17. The molecule has 0 saturated heterocycles. The van der Waals surface area contributed by atoms with Crippen molar-refractivity contribution in [1.29, 1.82) is 0 Å². The Kier molecular flexibility index (Phi) is 2.26. The van der Waals surface area contributed by atoms with Gasteiger partial charge in [0.25, 0.3) is 0 Å². The van der Waals surface area contributed by atoms with Gasteiger partial charge in [0.1, 0.15) is 11.5 Å². The van der Waals surface area contributed by atoms with E-state index in [1.807, 2.05) is 0 Å². The molecular weight excluding hydrogens is 166 g/mol. The average Bonchev–Trinajstić information content (AvgIpc) is 2.25. The van der Waals surface area contributed by atoms with E-state index >= 15 is 0 Å². The molecule has 0 radical (unpaired) electrons. The minimum atomic E-state index is -3.45. The highest BCUT2D eigenvalue weighted by atomic mass is 19.3. The Morgan fingerprint density at radius 1 is 1.33 bits per heavy atom. The second kappa shape index (κ2) is 2.92. The Bertz CT molecular complexity index is 209. The van der Waals surface area contributed by atoms with Gasteiger partial charge in [-0.15, -0.1) is 8.78 Å². The SMILES string of the molecule is CCC1=C(C(C)C)OC(F)(F)O1.